The topological polar surface area (TPSA) is 88.4 Å². The molecule has 0 bridgehead atoms. The first kappa shape index (κ1) is 20.8. The molecular formula is C28H21N5O3. The maximum absolute atomic E-state index is 14.2. The average Bonchev–Trinajstić information content (AvgIpc) is 3.56. The van der Waals surface area contributed by atoms with Gasteiger partial charge in [0.25, 0.3) is 5.91 Å². The van der Waals surface area contributed by atoms with E-state index in [1.54, 1.807) is 24.3 Å². The molecule has 2 amide bonds. The average molecular weight is 476 g/mol. The first-order chi connectivity index (χ1) is 17.5. The van der Waals surface area contributed by atoms with Crippen LogP contribution in [0.3, 0.4) is 0 Å². The number of aryl methyl sites for hydroxylation is 1. The highest BCUT2D eigenvalue weighted by atomic mass is 16.2. The number of hydrogen-bond donors (Lipinski definition) is 0. The fourth-order valence-corrected chi connectivity index (χ4v) is 5.90. The van der Waals surface area contributed by atoms with E-state index in [1.165, 1.54) is 9.58 Å². The predicted octanol–water partition coefficient (Wildman–Crippen LogP) is 3.47. The van der Waals surface area contributed by atoms with Crippen molar-refractivity contribution in [2.24, 2.45) is 11.8 Å². The largest absolute Gasteiger partial charge is 0.351 e. The molecular weight excluding hydrogens is 454 g/mol. The highest BCUT2D eigenvalue weighted by molar-refractivity contribution is 6.25. The molecule has 0 spiro atoms. The molecule has 3 aromatic carbocycles. The molecule has 2 fully saturated rings. The molecule has 0 saturated carbocycles. The quantitative estimate of drug-likeness (QED) is 0.413. The maximum atomic E-state index is 14.2. The van der Waals surface area contributed by atoms with E-state index in [-0.39, 0.29) is 17.7 Å². The molecule has 0 unspecified atom stereocenters. The summed E-state index contributed by atoms with van der Waals surface area (Å²) in [5.41, 5.74) is 4.47. The minimum atomic E-state index is -0.914. The third kappa shape index (κ3) is 2.72. The van der Waals surface area contributed by atoms with E-state index in [9.17, 15) is 14.4 Å². The standard InChI is InChI=1S/C28H21N5O3/c1-16-10-13-18(14-11-16)31-26(34)23-22-15-12-17-6-2-4-8-20(17)32(22)25(24(23)27(31)35)28(36)33-21-9-5-3-7-19(21)29-30-33/h2-15,22-25H,1H3/t22-,23-,24-,25+/m1/s1. The SMILES string of the molecule is Cc1ccc(N2C(=O)[C@@H]3[C@H](C2=O)[C@H]2C=Cc4ccccc4N2[C@@H]3C(=O)n2nnc3ccccc32)cc1. The van der Waals surface area contributed by atoms with Crippen LogP contribution in [0.1, 0.15) is 15.9 Å². The number of imide groups is 1. The van der Waals surface area contributed by atoms with Gasteiger partial charge in [-0.1, -0.05) is 65.4 Å². The first-order valence-corrected chi connectivity index (χ1v) is 11.9. The van der Waals surface area contributed by atoms with E-state index in [4.69, 9.17) is 0 Å². The fourth-order valence-electron chi connectivity index (χ4n) is 5.90. The van der Waals surface area contributed by atoms with Crippen molar-refractivity contribution in [3.63, 3.8) is 0 Å². The van der Waals surface area contributed by atoms with Gasteiger partial charge in [-0.2, -0.15) is 4.68 Å². The van der Waals surface area contributed by atoms with Gasteiger partial charge >= 0.3 is 0 Å². The van der Waals surface area contributed by atoms with Gasteiger partial charge in [-0.3, -0.25) is 14.4 Å². The number of para-hydroxylation sites is 2. The number of hydrogen-bond acceptors (Lipinski definition) is 6. The van der Waals surface area contributed by atoms with Crippen LogP contribution in [0.15, 0.2) is 78.9 Å². The van der Waals surface area contributed by atoms with Crippen LogP contribution < -0.4 is 9.80 Å². The third-order valence-electron chi connectivity index (χ3n) is 7.52. The Morgan fingerprint density at radius 1 is 0.861 bits per heavy atom. The summed E-state index contributed by atoms with van der Waals surface area (Å²) in [6.45, 7) is 1.95. The number of benzene rings is 3. The predicted molar refractivity (Wildman–Crippen MR) is 134 cm³/mol. The number of aromatic nitrogens is 3. The Morgan fingerprint density at radius 3 is 2.42 bits per heavy atom. The molecule has 4 aromatic rings. The summed E-state index contributed by atoms with van der Waals surface area (Å²) < 4.78 is 1.27. The van der Waals surface area contributed by atoms with Gasteiger partial charge in [0.2, 0.25) is 11.8 Å². The fraction of sp³-hybridized carbons (Fsp3) is 0.179. The van der Waals surface area contributed by atoms with Crippen molar-refractivity contribution in [1.82, 2.24) is 15.0 Å². The molecule has 3 aliphatic rings. The number of carbonyl (C=O) groups excluding carboxylic acids is 3. The third-order valence-corrected chi connectivity index (χ3v) is 7.52. The molecule has 8 heteroatoms. The molecule has 176 valence electrons. The van der Waals surface area contributed by atoms with Crippen molar-refractivity contribution < 1.29 is 14.4 Å². The number of amides is 2. The van der Waals surface area contributed by atoms with Gasteiger partial charge in [-0.05, 0) is 42.8 Å². The van der Waals surface area contributed by atoms with Gasteiger partial charge in [0.1, 0.15) is 11.6 Å². The lowest BCUT2D eigenvalue weighted by Gasteiger charge is -2.36. The van der Waals surface area contributed by atoms with Crippen LogP contribution in [0.2, 0.25) is 0 Å². The number of nitrogens with zero attached hydrogens (tertiary/aromatic N) is 5. The van der Waals surface area contributed by atoms with Crippen LogP contribution in [-0.4, -0.2) is 44.8 Å². The van der Waals surface area contributed by atoms with Crippen LogP contribution in [-0.2, 0) is 9.59 Å². The zero-order chi connectivity index (χ0) is 24.6. The lowest BCUT2D eigenvalue weighted by molar-refractivity contribution is -0.122. The Balaban J connectivity index is 1.39. The number of carbonyl (C=O) groups is 3. The zero-order valence-corrected chi connectivity index (χ0v) is 19.4. The monoisotopic (exact) mass is 475 g/mol. The van der Waals surface area contributed by atoms with Crippen molar-refractivity contribution in [3.05, 3.63) is 90.0 Å². The minimum absolute atomic E-state index is 0.286. The summed E-state index contributed by atoms with van der Waals surface area (Å²) >= 11 is 0. The Morgan fingerprint density at radius 2 is 1.58 bits per heavy atom. The van der Waals surface area contributed by atoms with Crippen LogP contribution in [0.25, 0.3) is 17.1 Å². The van der Waals surface area contributed by atoms with E-state index in [1.807, 2.05) is 72.5 Å². The Labute approximate surface area is 206 Å². The zero-order valence-electron chi connectivity index (χ0n) is 19.4. The van der Waals surface area contributed by atoms with Crippen molar-refractivity contribution >= 4 is 46.2 Å². The van der Waals surface area contributed by atoms with Gasteiger partial charge in [0, 0.05) is 5.69 Å². The van der Waals surface area contributed by atoms with E-state index in [2.05, 4.69) is 10.3 Å². The molecule has 1 aromatic heterocycles. The van der Waals surface area contributed by atoms with Crippen LogP contribution in [0, 0.1) is 18.8 Å². The van der Waals surface area contributed by atoms with Gasteiger partial charge in [0.05, 0.1) is 29.1 Å². The highest BCUT2D eigenvalue weighted by Crippen LogP contribution is 2.49. The molecule has 3 aliphatic heterocycles. The second-order valence-corrected chi connectivity index (χ2v) is 9.49. The van der Waals surface area contributed by atoms with Crippen molar-refractivity contribution in [2.75, 3.05) is 9.80 Å². The number of fused-ring (bicyclic) bond motifs is 6. The Hall–Kier alpha value is -4.59. The van der Waals surface area contributed by atoms with Crippen LogP contribution in [0.4, 0.5) is 11.4 Å². The molecule has 36 heavy (non-hydrogen) atoms. The molecule has 7 rings (SSSR count). The summed E-state index contributed by atoms with van der Waals surface area (Å²) in [5.74, 6) is -2.57. The van der Waals surface area contributed by atoms with E-state index in [0.717, 1.165) is 16.8 Å². The second-order valence-electron chi connectivity index (χ2n) is 9.49. The Kier molecular flexibility index (Phi) is 4.30. The lowest BCUT2D eigenvalue weighted by atomic mass is 9.88. The van der Waals surface area contributed by atoms with Gasteiger partial charge in [0.15, 0.2) is 0 Å². The first-order valence-electron chi connectivity index (χ1n) is 11.9. The number of rotatable bonds is 2. The Bertz CT molecular complexity index is 1600. The molecule has 0 aliphatic carbocycles. The minimum Gasteiger partial charge on any atom is -0.351 e. The van der Waals surface area contributed by atoms with Crippen LogP contribution in [0.5, 0.6) is 0 Å². The molecule has 0 N–H and O–H groups in total. The summed E-state index contributed by atoms with van der Waals surface area (Å²) in [7, 11) is 0. The summed E-state index contributed by atoms with van der Waals surface area (Å²) in [5, 5.41) is 8.29. The van der Waals surface area contributed by atoms with E-state index in [0.29, 0.717) is 16.7 Å². The molecule has 0 radical (unpaired) electrons. The van der Waals surface area contributed by atoms with Crippen molar-refractivity contribution in [1.29, 1.82) is 0 Å². The van der Waals surface area contributed by atoms with E-state index < -0.39 is 23.9 Å². The second kappa shape index (κ2) is 7.45. The van der Waals surface area contributed by atoms with Gasteiger partial charge < -0.3 is 4.90 Å². The van der Waals surface area contributed by atoms with Gasteiger partial charge in [-0.25, -0.2) is 4.90 Å². The molecule has 4 heterocycles. The summed E-state index contributed by atoms with van der Waals surface area (Å²) in [4.78, 5) is 45.1. The summed E-state index contributed by atoms with van der Waals surface area (Å²) in [6.07, 6.45) is 3.91. The summed E-state index contributed by atoms with van der Waals surface area (Å²) in [6, 6.07) is 20.9. The van der Waals surface area contributed by atoms with Crippen LogP contribution >= 0.6 is 0 Å². The molecule has 2 saturated heterocycles. The maximum Gasteiger partial charge on any atom is 0.272 e. The lowest BCUT2D eigenvalue weighted by Crippen LogP contribution is -2.50. The molecule has 4 atom stereocenters. The van der Waals surface area contributed by atoms with E-state index >= 15 is 0 Å². The van der Waals surface area contributed by atoms with Crippen molar-refractivity contribution in [3.8, 4) is 0 Å². The smallest absolute Gasteiger partial charge is 0.272 e. The van der Waals surface area contributed by atoms with Crippen molar-refractivity contribution in [2.45, 2.75) is 19.0 Å². The van der Waals surface area contributed by atoms with Gasteiger partial charge in [-0.15, -0.1) is 5.10 Å². The number of anilines is 2. The highest BCUT2D eigenvalue weighted by Gasteiger charge is 2.64. The molecule has 8 nitrogen and oxygen atoms in total. The normalized spacial score (nSPS) is 24.2.